The van der Waals surface area contributed by atoms with Crippen LogP contribution in [0.25, 0.3) is 0 Å². The van der Waals surface area contributed by atoms with Crippen molar-refractivity contribution < 1.29 is 14.4 Å². The zero-order valence-corrected chi connectivity index (χ0v) is 18.5. The first-order valence-electron chi connectivity index (χ1n) is 10.7. The molecule has 1 aromatic carbocycles. The standard InChI is InChI=1S/C22H31ClN4O3/c1-16(2)24-20(28)15-25-10-12-26(13-11-25)22(30)18-4-3-9-27(14-18)21(29)17-5-7-19(23)8-6-17/h5-8,16,18H,3-4,9-15H2,1-2H3,(H,24,28). The first-order valence-corrected chi connectivity index (χ1v) is 11.1. The average Bonchev–Trinajstić information content (AvgIpc) is 2.73. The van der Waals surface area contributed by atoms with Gasteiger partial charge in [0.05, 0.1) is 12.5 Å². The number of carbonyl (C=O) groups excluding carboxylic acids is 3. The fourth-order valence-corrected chi connectivity index (χ4v) is 4.22. The highest BCUT2D eigenvalue weighted by atomic mass is 35.5. The third-order valence-corrected chi connectivity index (χ3v) is 5.90. The van der Waals surface area contributed by atoms with E-state index in [1.54, 1.807) is 29.2 Å². The van der Waals surface area contributed by atoms with Crippen molar-refractivity contribution in [2.24, 2.45) is 5.92 Å². The molecule has 164 valence electrons. The number of benzene rings is 1. The van der Waals surface area contributed by atoms with Gasteiger partial charge in [0.1, 0.15) is 0 Å². The number of nitrogens with zero attached hydrogens (tertiary/aromatic N) is 3. The van der Waals surface area contributed by atoms with Crippen molar-refractivity contribution in [3.63, 3.8) is 0 Å². The number of rotatable bonds is 5. The van der Waals surface area contributed by atoms with Gasteiger partial charge in [0, 0.05) is 55.9 Å². The van der Waals surface area contributed by atoms with Crippen molar-refractivity contribution in [3.05, 3.63) is 34.9 Å². The van der Waals surface area contributed by atoms with Crippen LogP contribution in [0, 0.1) is 5.92 Å². The van der Waals surface area contributed by atoms with Crippen LogP contribution in [0.4, 0.5) is 0 Å². The van der Waals surface area contributed by atoms with Crippen LogP contribution in [0.2, 0.25) is 5.02 Å². The number of likely N-dealkylation sites (tertiary alicyclic amines) is 1. The van der Waals surface area contributed by atoms with Gasteiger partial charge in [-0.05, 0) is 51.0 Å². The summed E-state index contributed by atoms with van der Waals surface area (Å²) in [4.78, 5) is 43.5. The molecule has 7 nitrogen and oxygen atoms in total. The Kier molecular flexibility index (Phi) is 7.72. The molecule has 0 radical (unpaired) electrons. The molecule has 8 heteroatoms. The highest BCUT2D eigenvalue weighted by Crippen LogP contribution is 2.22. The summed E-state index contributed by atoms with van der Waals surface area (Å²) in [5.74, 6) is -0.0701. The Balaban J connectivity index is 1.50. The summed E-state index contributed by atoms with van der Waals surface area (Å²) in [5, 5.41) is 3.50. The van der Waals surface area contributed by atoms with Gasteiger partial charge < -0.3 is 15.1 Å². The van der Waals surface area contributed by atoms with Crippen LogP contribution in [0.3, 0.4) is 0 Å². The Hall–Kier alpha value is -2.12. The average molecular weight is 435 g/mol. The number of piperidine rings is 1. The summed E-state index contributed by atoms with van der Waals surface area (Å²) in [6, 6.07) is 7.00. The SMILES string of the molecule is CC(C)NC(=O)CN1CCN(C(=O)C2CCCN(C(=O)c3ccc(Cl)cc3)C2)CC1. The minimum absolute atomic E-state index is 0.0217. The third-order valence-electron chi connectivity index (χ3n) is 5.65. The van der Waals surface area contributed by atoms with Gasteiger partial charge in [-0.3, -0.25) is 19.3 Å². The van der Waals surface area contributed by atoms with Crippen molar-refractivity contribution in [1.29, 1.82) is 0 Å². The number of nitrogens with one attached hydrogen (secondary N) is 1. The molecule has 0 aliphatic carbocycles. The molecule has 30 heavy (non-hydrogen) atoms. The van der Waals surface area contributed by atoms with Gasteiger partial charge in [-0.15, -0.1) is 0 Å². The molecule has 1 unspecified atom stereocenters. The fraction of sp³-hybridized carbons (Fsp3) is 0.591. The molecular formula is C22H31ClN4O3. The van der Waals surface area contributed by atoms with E-state index in [-0.39, 0.29) is 29.7 Å². The highest BCUT2D eigenvalue weighted by Gasteiger charge is 2.33. The topological polar surface area (TPSA) is 73.0 Å². The molecule has 3 amide bonds. The number of piperazine rings is 1. The van der Waals surface area contributed by atoms with Crippen LogP contribution in [-0.2, 0) is 9.59 Å². The van der Waals surface area contributed by atoms with E-state index in [9.17, 15) is 14.4 Å². The second-order valence-corrected chi connectivity index (χ2v) is 8.86. The van der Waals surface area contributed by atoms with E-state index < -0.39 is 0 Å². The molecule has 2 aliphatic rings. The molecule has 1 N–H and O–H groups in total. The summed E-state index contributed by atoms with van der Waals surface area (Å²) < 4.78 is 0. The van der Waals surface area contributed by atoms with Crippen molar-refractivity contribution in [2.45, 2.75) is 32.7 Å². The number of carbonyl (C=O) groups is 3. The summed E-state index contributed by atoms with van der Waals surface area (Å²) in [7, 11) is 0. The summed E-state index contributed by atoms with van der Waals surface area (Å²) >= 11 is 5.91. The molecular weight excluding hydrogens is 404 g/mol. The van der Waals surface area contributed by atoms with E-state index in [0.717, 1.165) is 12.8 Å². The van der Waals surface area contributed by atoms with Crippen LogP contribution >= 0.6 is 11.6 Å². The van der Waals surface area contributed by atoms with Crippen molar-refractivity contribution in [1.82, 2.24) is 20.0 Å². The summed E-state index contributed by atoms with van der Waals surface area (Å²) in [6.07, 6.45) is 1.63. The Morgan fingerprint density at radius 1 is 1.03 bits per heavy atom. The highest BCUT2D eigenvalue weighted by molar-refractivity contribution is 6.30. The predicted molar refractivity (Wildman–Crippen MR) is 116 cm³/mol. The quantitative estimate of drug-likeness (QED) is 0.767. The van der Waals surface area contributed by atoms with Crippen molar-refractivity contribution >= 4 is 29.3 Å². The summed E-state index contributed by atoms with van der Waals surface area (Å²) in [6.45, 7) is 8.01. The minimum Gasteiger partial charge on any atom is -0.353 e. The van der Waals surface area contributed by atoms with E-state index in [1.165, 1.54) is 0 Å². The fourth-order valence-electron chi connectivity index (χ4n) is 4.09. The van der Waals surface area contributed by atoms with Crippen LogP contribution in [-0.4, -0.2) is 84.3 Å². The second kappa shape index (κ2) is 10.3. The van der Waals surface area contributed by atoms with Gasteiger partial charge in [0.2, 0.25) is 11.8 Å². The zero-order valence-electron chi connectivity index (χ0n) is 17.8. The van der Waals surface area contributed by atoms with Crippen LogP contribution in [0.15, 0.2) is 24.3 Å². The van der Waals surface area contributed by atoms with Crippen LogP contribution < -0.4 is 5.32 Å². The number of amides is 3. The molecule has 0 saturated carbocycles. The largest absolute Gasteiger partial charge is 0.353 e. The molecule has 2 fully saturated rings. The molecule has 0 spiro atoms. The van der Waals surface area contributed by atoms with E-state index >= 15 is 0 Å². The molecule has 0 bridgehead atoms. The predicted octanol–water partition coefficient (Wildman–Crippen LogP) is 1.86. The maximum absolute atomic E-state index is 13.0. The molecule has 1 atom stereocenters. The Bertz CT molecular complexity index is 760. The van der Waals surface area contributed by atoms with Gasteiger partial charge in [-0.2, -0.15) is 0 Å². The molecule has 2 saturated heterocycles. The maximum Gasteiger partial charge on any atom is 0.253 e. The second-order valence-electron chi connectivity index (χ2n) is 8.42. The van der Waals surface area contributed by atoms with Crippen LogP contribution in [0.5, 0.6) is 0 Å². The van der Waals surface area contributed by atoms with Gasteiger partial charge in [-0.25, -0.2) is 0 Å². The molecule has 3 rings (SSSR count). The first-order chi connectivity index (χ1) is 14.3. The van der Waals surface area contributed by atoms with Crippen LogP contribution in [0.1, 0.15) is 37.0 Å². The van der Waals surface area contributed by atoms with Gasteiger partial charge in [0.25, 0.3) is 5.91 Å². The number of hydrogen-bond acceptors (Lipinski definition) is 4. The number of hydrogen-bond donors (Lipinski definition) is 1. The zero-order chi connectivity index (χ0) is 21.7. The first kappa shape index (κ1) is 22.6. The lowest BCUT2D eigenvalue weighted by molar-refractivity contribution is -0.138. The van der Waals surface area contributed by atoms with Gasteiger partial charge >= 0.3 is 0 Å². The maximum atomic E-state index is 13.0. The van der Waals surface area contributed by atoms with E-state index in [4.69, 9.17) is 11.6 Å². The van der Waals surface area contributed by atoms with E-state index in [0.29, 0.717) is 56.4 Å². The lowest BCUT2D eigenvalue weighted by Crippen LogP contribution is -2.54. The third kappa shape index (κ3) is 5.95. The van der Waals surface area contributed by atoms with Gasteiger partial charge in [0.15, 0.2) is 0 Å². The smallest absolute Gasteiger partial charge is 0.253 e. The lowest BCUT2D eigenvalue weighted by atomic mass is 9.95. The minimum atomic E-state index is -0.161. The Labute approximate surface area is 183 Å². The van der Waals surface area contributed by atoms with E-state index in [1.807, 2.05) is 18.7 Å². The normalized spacial score (nSPS) is 20.3. The van der Waals surface area contributed by atoms with Gasteiger partial charge in [-0.1, -0.05) is 11.6 Å². The molecule has 2 aliphatic heterocycles. The lowest BCUT2D eigenvalue weighted by Gasteiger charge is -2.39. The number of halogens is 1. The Morgan fingerprint density at radius 2 is 1.70 bits per heavy atom. The summed E-state index contributed by atoms with van der Waals surface area (Å²) in [5.41, 5.74) is 0.598. The van der Waals surface area contributed by atoms with Crippen molar-refractivity contribution in [3.8, 4) is 0 Å². The molecule has 2 heterocycles. The Morgan fingerprint density at radius 3 is 2.33 bits per heavy atom. The monoisotopic (exact) mass is 434 g/mol. The van der Waals surface area contributed by atoms with Crippen molar-refractivity contribution in [2.75, 3.05) is 45.8 Å². The molecule has 0 aromatic heterocycles. The van der Waals surface area contributed by atoms with E-state index in [2.05, 4.69) is 10.2 Å². The molecule has 1 aromatic rings.